The molecule has 1 aromatic rings. The third-order valence-corrected chi connectivity index (χ3v) is 3.12. The van der Waals surface area contributed by atoms with E-state index >= 15 is 0 Å². The van der Waals surface area contributed by atoms with Gasteiger partial charge >= 0.3 is 0 Å². The zero-order valence-electron chi connectivity index (χ0n) is 8.03. The summed E-state index contributed by atoms with van der Waals surface area (Å²) in [5, 5.41) is 11.0. The standard InChI is InChI=1S/C11H13ClO2/c1-8-11(13,6-7-14-8)9-2-4-10(12)5-3-9/h2-5,8,13H,6-7H2,1H3. The smallest absolute Gasteiger partial charge is 0.118 e. The van der Waals surface area contributed by atoms with Crippen molar-refractivity contribution in [1.29, 1.82) is 0 Å². The van der Waals surface area contributed by atoms with Gasteiger partial charge in [-0.1, -0.05) is 23.7 Å². The summed E-state index contributed by atoms with van der Waals surface area (Å²) in [5.41, 5.74) is 0.0387. The molecule has 1 fully saturated rings. The average Bonchev–Trinajstić information content (AvgIpc) is 2.49. The largest absolute Gasteiger partial charge is 0.382 e. The Morgan fingerprint density at radius 2 is 2.07 bits per heavy atom. The predicted molar refractivity (Wildman–Crippen MR) is 55.4 cm³/mol. The van der Waals surface area contributed by atoms with Crippen LogP contribution < -0.4 is 0 Å². The van der Waals surface area contributed by atoms with Crippen LogP contribution >= 0.6 is 11.6 Å². The molecule has 0 saturated carbocycles. The highest BCUT2D eigenvalue weighted by Crippen LogP contribution is 2.35. The molecule has 1 aromatic carbocycles. The molecule has 1 aliphatic heterocycles. The summed E-state index contributed by atoms with van der Waals surface area (Å²) in [5.74, 6) is 0. The first-order valence-electron chi connectivity index (χ1n) is 4.73. The first kappa shape index (κ1) is 9.97. The molecular formula is C11H13ClO2. The van der Waals surface area contributed by atoms with Crippen molar-refractivity contribution < 1.29 is 9.84 Å². The first-order valence-corrected chi connectivity index (χ1v) is 5.11. The van der Waals surface area contributed by atoms with Crippen molar-refractivity contribution in [2.75, 3.05) is 6.61 Å². The number of rotatable bonds is 1. The zero-order valence-corrected chi connectivity index (χ0v) is 8.79. The van der Waals surface area contributed by atoms with Crippen LogP contribution in [0.15, 0.2) is 24.3 Å². The summed E-state index contributed by atoms with van der Waals surface area (Å²) in [4.78, 5) is 0. The highest BCUT2D eigenvalue weighted by Gasteiger charge is 2.40. The molecule has 2 unspecified atom stereocenters. The van der Waals surface area contributed by atoms with Crippen molar-refractivity contribution in [3.63, 3.8) is 0 Å². The van der Waals surface area contributed by atoms with Gasteiger partial charge in [-0.15, -0.1) is 0 Å². The first-order chi connectivity index (χ1) is 6.63. The molecular weight excluding hydrogens is 200 g/mol. The van der Waals surface area contributed by atoms with Gasteiger partial charge in [0.1, 0.15) is 5.60 Å². The topological polar surface area (TPSA) is 29.5 Å². The van der Waals surface area contributed by atoms with Gasteiger partial charge < -0.3 is 9.84 Å². The lowest BCUT2D eigenvalue weighted by molar-refractivity contribution is -0.0317. The summed E-state index contributed by atoms with van der Waals surface area (Å²) in [6.45, 7) is 2.50. The third-order valence-electron chi connectivity index (χ3n) is 2.87. The minimum Gasteiger partial charge on any atom is -0.382 e. The van der Waals surface area contributed by atoms with E-state index in [9.17, 15) is 5.11 Å². The van der Waals surface area contributed by atoms with Gasteiger partial charge in [0.2, 0.25) is 0 Å². The fourth-order valence-electron chi connectivity index (χ4n) is 1.85. The minimum absolute atomic E-state index is 0.149. The van der Waals surface area contributed by atoms with E-state index in [-0.39, 0.29) is 6.10 Å². The average molecular weight is 213 g/mol. The number of ether oxygens (including phenoxy) is 1. The summed E-state index contributed by atoms with van der Waals surface area (Å²) in [7, 11) is 0. The molecule has 0 aliphatic carbocycles. The molecule has 1 saturated heterocycles. The number of halogens is 1. The molecule has 1 aliphatic rings. The van der Waals surface area contributed by atoms with Crippen molar-refractivity contribution in [2.45, 2.75) is 25.0 Å². The number of benzene rings is 1. The molecule has 1 N–H and O–H groups in total. The Kier molecular flexibility index (Phi) is 2.52. The molecule has 0 radical (unpaired) electrons. The van der Waals surface area contributed by atoms with Crippen molar-refractivity contribution in [3.05, 3.63) is 34.9 Å². The number of aliphatic hydroxyl groups is 1. The summed E-state index contributed by atoms with van der Waals surface area (Å²) < 4.78 is 5.37. The van der Waals surface area contributed by atoms with Gasteiger partial charge in [0.25, 0.3) is 0 Å². The SMILES string of the molecule is CC1OCCC1(O)c1ccc(Cl)cc1. The third kappa shape index (κ3) is 1.54. The number of hydrogen-bond acceptors (Lipinski definition) is 2. The van der Waals surface area contributed by atoms with Gasteiger partial charge in [-0.3, -0.25) is 0 Å². The number of hydrogen-bond donors (Lipinski definition) is 1. The van der Waals surface area contributed by atoms with E-state index in [4.69, 9.17) is 16.3 Å². The minimum atomic E-state index is -0.843. The Morgan fingerprint density at radius 1 is 1.43 bits per heavy atom. The Labute approximate surface area is 88.5 Å². The summed E-state index contributed by atoms with van der Waals surface area (Å²) in [6, 6.07) is 7.29. The molecule has 14 heavy (non-hydrogen) atoms. The summed E-state index contributed by atoms with van der Waals surface area (Å²) in [6.07, 6.45) is 0.499. The molecule has 2 atom stereocenters. The molecule has 0 aromatic heterocycles. The van der Waals surface area contributed by atoms with Gasteiger partial charge in [0.15, 0.2) is 0 Å². The van der Waals surface area contributed by atoms with Crippen LogP contribution in [0.2, 0.25) is 5.02 Å². The quantitative estimate of drug-likeness (QED) is 0.775. The highest BCUT2D eigenvalue weighted by molar-refractivity contribution is 6.30. The summed E-state index contributed by atoms with van der Waals surface area (Å²) >= 11 is 5.79. The zero-order chi connectivity index (χ0) is 10.2. The van der Waals surface area contributed by atoms with Gasteiger partial charge in [0.05, 0.1) is 12.7 Å². The fraction of sp³-hybridized carbons (Fsp3) is 0.455. The second kappa shape index (κ2) is 3.54. The normalized spacial score (nSPS) is 32.1. The van der Waals surface area contributed by atoms with Crippen LogP contribution in [-0.4, -0.2) is 17.8 Å². The second-order valence-corrected chi connectivity index (χ2v) is 4.13. The lowest BCUT2D eigenvalue weighted by atomic mass is 9.88. The maximum Gasteiger partial charge on any atom is 0.118 e. The molecule has 76 valence electrons. The molecule has 0 spiro atoms. The lowest BCUT2D eigenvalue weighted by Gasteiger charge is -2.26. The molecule has 0 bridgehead atoms. The van der Waals surface area contributed by atoms with Crippen LogP contribution in [-0.2, 0) is 10.3 Å². The Bertz CT molecular complexity index is 323. The molecule has 3 heteroatoms. The fourth-order valence-corrected chi connectivity index (χ4v) is 1.98. The highest BCUT2D eigenvalue weighted by atomic mass is 35.5. The van der Waals surface area contributed by atoms with E-state index in [0.717, 1.165) is 5.56 Å². The van der Waals surface area contributed by atoms with Crippen LogP contribution in [0.3, 0.4) is 0 Å². The van der Waals surface area contributed by atoms with Crippen LogP contribution in [0.25, 0.3) is 0 Å². The van der Waals surface area contributed by atoms with Crippen molar-refractivity contribution in [3.8, 4) is 0 Å². The van der Waals surface area contributed by atoms with E-state index < -0.39 is 5.60 Å². The van der Waals surface area contributed by atoms with Crippen LogP contribution in [0.4, 0.5) is 0 Å². The molecule has 2 nitrogen and oxygen atoms in total. The Hall–Kier alpha value is -0.570. The lowest BCUT2D eigenvalue weighted by Crippen LogP contribution is -2.32. The van der Waals surface area contributed by atoms with Gasteiger partial charge in [-0.2, -0.15) is 0 Å². The van der Waals surface area contributed by atoms with Crippen molar-refractivity contribution in [2.24, 2.45) is 0 Å². The molecule has 2 rings (SSSR count). The maximum atomic E-state index is 10.4. The second-order valence-electron chi connectivity index (χ2n) is 3.69. The van der Waals surface area contributed by atoms with Gasteiger partial charge in [-0.05, 0) is 24.6 Å². The Balaban J connectivity index is 2.34. The molecule has 1 heterocycles. The molecule has 0 amide bonds. The Morgan fingerprint density at radius 3 is 2.57 bits per heavy atom. The van der Waals surface area contributed by atoms with Crippen molar-refractivity contribution >= 4 is 11.6 Å². The van der Waals surface area contributed by atoms with E-state index in [1.165, 1.54) is 0 Å². The predicted octanol–water partition coefficient (Wildman–Crippen LogP) is 2.34. The maximum absolute atomic E-state index is 10.4. The van der Waals surface area contributed by atoms with Crippen LogP contribution in [0.1, 0.15) is 18.9 Å². The van der Waals surface area contributed by atoms with E-state index in [2.05, 4.69) is 0 Å². The van der Waals surface area contributed by atoms with Gasteiger partial charge in [-0.25, -0.2) is 0 Å². The van der Waals surface area contributed by atoms with E-state index in [0.29, 0.717) is 18.1 Å². The monoisotopic (exact) mass is 212 g/mol. The van der Waals surface area contributed by atoms with E-state index in [1.807, 2.05) is 19.1 Å². The van der Waals surface area contributed by atoms with E-state index in [1.54, 1.807) is 12.1 Å². The van der Waals surface area contributed by atoms with Gasteiger partial charge in [0, 0.05) is 11.4 Å². The van der Waals surface area contributed by atoms with Crippen molar-refractivity contribution in [1.82, 2.24) is 0 Å². The van der Waals surface area contributed by atoms with Crippen LogP contribution in [0, 0.1) is 0 Å². The van der Waals surface area contributed by atoms with Crippen LogP contribution in [0.5, 0.6) is 0 Å².